The van der Waals surface area contributed by atoms with Crippen molar-refractivity contribution in [3.8, 4) is 0 Å². The zero-order valence-corrected chi connectivity index (χ0v) is 16.9. The van der Waals surface area contributed by atoms with E-state index in [1.54, 1.807) is 19.2 Å². The van der Waals surface area contributed by atoms with E-state index in [0.29, 0.717) is 17.8 Å². The molecule has 7 heteroatoms. The highest BCUT2D eigenvalue weighted by molar-refractivity contribution is 7.85. The molecule has 1 heterocycles. The monoisotopic (exact) mass is 392 g/mol. The van der Waals surface area contributed by atoms with Gasteiger partial charge in [-0.05, 0) is 49.4 Å². The molecule has 0 saturated heterocycles. The molecule has 1 aromatic heterocycles. The van der Waals surface area contributed by atoms with E-state index in [-0.39, 0.29) is 5.82 Å². The minimum absolute atomic E-state index is 0.217. The number of hydrogen-bond donors (Lipinski definition) is 3. The molecular formula is C20H29FN4OS. The number of nitrogens with zero attached hydrogens (tertiary/aromatic N) is 1. The molecule has 3 unspecified atom stereocenters. The fourth-order valence-electron chi connectivity index (χ4n) is 3.81. The zero-order valence-electron chi connectivity index (χ0n) is 16.1. The number of aromatic amines is 1. The summed E-state index contributed by atoms with van der Waals surface area (Å²) in [5.74, 6) is 1.29. The number of nitrogens with one attached hydrogen (secondary N) is 3. The maximum Gasteiger partial charge on any atom is 0.191 e. The first-order valence-electron chi connectivity index (χ1n) is 9.70. The van der Waals surface area contributed by atoms with E-state index in [2.05, 4.69) is 20.6 Å². The Morgan fingerprint density at radius 1 is 1.41 bits per heavy atom. The third-order valence-corrected chi connectivity index (χ3v) is 7.00. The Hall–Kier alpha value is -1.89. The first-order chi connectivity index (χ1) is 13.1. The van der Waals surface area contributed by atoms with Crippen LogP contribution in [-0.2, 0) is 17.2 Å². The van der Waals surface area contributed by atoms with Crippen LogP contribution in [0, 0.1) is 5.82 Å². The van der Waals surface area contributed by atoms with E-state index in [9.17, 15) is 8.60 Å². The van der Waals surface area contributed by atoms with Gasteiger partial charge in [0.2, 0.25) is 0 Å². The summed E-state index contributed by atoms with van der Waals surface area (Å²) < 4.78 is 25.6. The average molecular weight is 393 g/mol. The molecule has 1 aromatic carbocycles. The van der Waals surface area contributed by atoms with Crippen LogP contribution in [0.15, 0.2) is 29.4 Å². The van der Waals surface area contributed by atoms with Gasteiger partial charge in [0.1, 0.15) is 5.82 Å². The van der Waals surface area contributed by atoms with Gasteiger partial charge >= 0.3 is 0 Å². The number of benzene rings is 1. The van der Waals surface area contributed by atoms with Gasteiger partial charge in [-0.25, -0.2) is 4.39 Å². The third kappa shape index (κ3) is 5.09. The summed E-state index contributed by atoms with van der Waals surface area (Å²) in [6, 6.07) is 5.12. The highest BCUT2D eigenvalue weighted by Crippen LogP contribution is 2.23. The summed E-state index contributed by atoms with van der Waals surface area (Å²) in [7, 11) is 1.04. The van der Waals surface area contributed by atoms with E-state index in [1.807, 2.05) is 13.1 Å². The molecule has 27 heavy (non-hydrogen) atoms. The maximum absolute atomic E-state index is 13.5. The molecule has 1 fully saturated rings. The molecule has 2 aromatic rings. The average Bonchev–Trinajstić information content (AvgIpc) is 3.08. The largest absolute Gasteiger partial charge is 0.361 e. The number of guanidine groups is 1. The number of fused-ring (bicyclic) bond motifs is 1. The van der Waals surface area contributed by atoms with E-state index < -0.39 is 10.8 Å². The normalized spacial score (nSPS) is 22.0. The predicted octanol–water partition coefficient (Wildman–Crippen LogP) is 3.09. The summed E-state index contributed by atoms with van der Waals surface area (Å²) in [6.45, 7) is 2.70. The van der Waals surface area contributed by atoms with Crippen LogP contribution in [0.25, 0.3) is 10.9 Å². The van der Waals surface area contributed by atoms with Crippen LogP contribution in [0.3, 0.4) is 0 Å². The molecular weight excluding hydrogens is 363 g/mol. The first-order valence-corrected chi connectivity index (χ1v) is 11.1. The fraction of sp³-hybridized carbons (Fsp3) is 0.550. The standard InChI is InChI=1S/C20H29FN4OS/c1-3-27(26)17-6-4-5-16(12-17)25-20(22-2)23-10-9-14-13-24-19-8-7-15(21)11-18(14)19/h7-8,11,13,16-17,24H,3-6,9-10,12H2,1-2H3,(H2,22,23,25). The Bertz CT molecular complexity index is 819. The van der Waals surface area contributed by atoms with Crippen molar-refractivity contribution in [3.63, 3.8) is 0 Å². The molecule has 0 spiro atoms. The number of hydrogen-bond acceptors (Lipinski definition) is 2. The minimum Gasteiger partial charge on any atom is -0.361 e. The van der Waals surface area contributed by atoms with Gasteiger partial charge in [0.05, 0.1) is 0 Å². The number of H-pyrrole nitrogens is 1. The van der Waals surface area contributed by atoms with Crippen LogP contribution in [0.5, 0.6) is 0 Å². The molecule has 1 saturated carbocycles. The van der Waals surface area contributed by atoms with E-state index in [1.165, 1.54) is 6.07 Å². The van der Waals surface area contributed by atoms with Crippen molar-refractivity contribution in [2.45, 2.75) is 50.3 Å². The molecule has 0 aliphatic heterocycles. The Morgan fingerprint density at radius 2 is 2.26 bits per heavy atom. The van der Waals surface area contributed by atoms with Crippen molar-refractivity contribution in [1.82, 2.24) is 15.6 Å². The summed E-state index contributed by atoms with van der Waals surface area (Å²) in [5, 5.41) is 8.05. The van der Waals surface area contributed by atoms with Gasteiger partial charge in [0.15, 0.2) is 5.96 Å². The second kappa shape index (κ2) is 9.35. The SMILES string of the molecule is CCS(=O)C1CCCC(NC(=NC)NCCc2c[nH]c3ccc(F)cc23)C1. The number of aromatic nitrogens is 1. The smallest absolute Gasteiger partial charge is 0.191 e. The van der Waals surface area contributed by atoms with Crippen LogP contribution >= 0.6 is 0 Å². The Kier molecular flexibility index (Phi) is 6.88. The maximum atomic E-state index is 13.5. The van der Waals surface area contributed by atoms with Crippen LogP contribution in [0.1, 0.15) is 38.2 Å². The van der Waals surface area contributed by atoms with Crippen molar-refractivity contribution in [3.05, 3.63) is 35.8 Å². The van der Waals surface area contributed by atoms with Crippen molar-refractivity contribution >= 4 is 27.7 Å². The van der Waals surface area contributed by atoms with Gasteiger partial charge in [-0.3, -0.25) is 9.20 Å². The lowest BCUT2D eigenvalue weighted by atomic mass is 9.95. The molecule has 0 radical (unpaired) electrons. The van der Waals surface area contributed by atoms with Crippen LogP contribution in [0.2, 0.25) is 0 Å². The molecule has 148 valence electrons. The molecule has 5 nitrogen and oxygen atoms in total. The van der Waals surface area contributed by atoms with Gasteiger partial charge in [-0.2, -0.15) is 0 Å². The Morgan fingerprint density at radius 3 is 3.04 bits per heavy atom. The molecule has 1 aliphatic carbocycles. The van der Waals surface area contributed by atoms with E-state index in [4.69, 9.17) is 0 Å². The van der Waals surface area contributed by atoms with Crippen molar-refractivity contribution in [2.24, 2.45) is 4.99 Å². The van der Waals surface area contributed by atoms with Crippen LogP contribution in [0.4, 0.5) is 4.39 Å². The molecule has 0 bridgehead atoms. The summed E-state index contributed by atoms with van der Waals surface area (Å²) in [6.07, 6.45) is 6.89. The van der Waals surface area contributed by atoms with E-state index >= 15 is 0 Å². The van der Waals surface area contributed by atoms with Crippen molar-refractivity contribution in [2.75, 3.05) is 19.3 Å². The number of aliphatic imine (C=N–C) groups is 1. The van der Waals surface area contributed by atoms with Crippen LogP contribution < -0.4 is 10.6 Å². The highest BCUT2D eigenvalue weighted by Gasteiger charge is 2.26. The van der Waals surface area contributed by atoms with E-state index in [0.717, 1.165) is 60.3 Å². The van der Waals surface area contributed by atoms with Gasteiger partial charge in [-0.1, -0.05) is 13.3 Å². The minimum atomic E-state index is -0.726. The number of rotatable bonds is 6. The summed E-state index contributed by atoms with van der Waals surface area (Å²) >= 11 is 0. The Balaban J connectivity index is 1.52. The van der Waals surface area contributed by atoms with Crippen LogP contribution in [-0.4, -0.2) is 45.8 Å². The molecule has 1 aliphatic rings. The summed E-state index contributed by atoms with van der Waals surface area (Å²) in [4.78, 5) is 7.50. The quantitative estimate of drug-likeness (QED) is 0.523. The fourth-order valence-corrected chi connectivity index (χ4v) is 5.16. The lowest BCUT2D eigenvalue weighted by molar-refractivity contribution is 0.413. The van der Waals surface area contributed by atoms with Gasteiger partial charge in [0, 0.05) is 58.5 Å². The second-order valence-corrected chi connectivity index (χ2v) is 9.06. The predicted molar refractivity (Wildman–Crippen MR) is 111 cm³/mol. The number of halogens is 1. The molecule has 3 atom stereocenters. The second-order valence-electron chi connectivity index (χ2n) is 7.05. The van der Waals surface area contributed by atoms with Crippen molar-refractivity contribution in [1.29, 1.82) is 0 Å². The molecule has 3 rings (SSSR count). The highest BCUT2D eigenvalue weighted by atomic mass is 32.2. The van der Waals surface area contributed by atoms with Gasteiger partial charge < -0.3 is 15.6 Å². The summed E-state index contributed by atoms with van der Waals surface area (Å²) in [5.41, 5.74) is 2.04. The lowest BCUT2D eigenvalue weighted by Crippen LogP contribution is -2.47. The first kappa shape index (κ1) is 19.9. The molecule has 0 amide bonds. The lowest BCUT2D eigenvalue weighted by Gasteiger charge is -2.30. The topological polar surface area (TPSA) is 69.3 Å². The Labute approximate surface area is 162 Å². The zero-order chi connectivity index (χ0) is 19.2. The van der Waals surface area contributed by atoms with Crippen molar-refractivity contribution < 1.29 is 8.60 Å². The van der Waals surface area contributed by atoms with Gasteiger partial charge in [0.25, 0.3) is 0 Å². The molecule has 3 N–H and O–H groups in total. The third-order valence-electron chi connectivity index (χ3n) is 5.26. The van der Waals surface area contributed by atoms with Gasteiger partial charge in [-0.15, -0.1) is 0 Å².